The van der Waals surface area contributed by atoms with Crippen LogP contribution in [-0.2, 0) is 4.79 Å². The number of aryl methyl sites for hydroxylation is 1. The lowest BCUT2D eigenvalue weighted by Gasteiger charge is -2.14. The number of amidine groups is 1. The molecule has 1 fully saturated rings. The van der Waals surface area contributed by atoms with Gasteiger partial charge in [0.2, 0.25) is 0 Å². The zero-order chi connectivity index (χ0) is 16.6. The molecule has 1 aliphatic heterocycles. The minimum Gasteiger partial charge on any atom is -0.507 e. The van der Waals surface area contributed by atoms with Gasteiger partial charge in [-0.15, -0.1) is 0 Å². The van der Waals surface area contributed by atoms with E-state index in [9.17, 15) is 9.90 Å². The largest absolute Gasteiger partial charge is 0.507 e. The first-order chi connectivity index (χ1) is 11.0. The van der Waals surface area contributed by atoms with Crippen molar-refractivity contribution in [3.05, 3.63) is 63.5 Å². The predicted molar refractivity (Wildman–Crippen MR) is 95.1 cm³/mol. The zero-order valence-electron chi connectivity index (χ0n) is 12.2. The molecule has 1 heterocycles. The molecule has 1 saturated heterocycles. The number of hydrogen-bond acceptors (Lipinski definition) is 4. The van der Waals surface area contributed by atoms with Crippen LogP contribution in [0.5, 0.6) is 5.75 Å². The highest BCUT2D eigenvalue weighted by Crippen LogP contribution is 2.36. The molecule has 4 nitrogen and oxygen atoms in total. The van der Waals surface area contributed by atoms with E-state index in [1.165, 1.54) is 11.0 Å². The summed E-state index contributed by atoms with van der Waals surface area (Å²) in [6.45, 7) is 1.96. The maximum absolute atomic E-state index is 12.6. The number of carbonyl (C=O) groups excluding carboxylic acids is 1. The van der Waals surface area contributed by atoms with E-state index in [2.05, 4.69) is 0 Å². The predicted octanol–water partition coefficient (Wildman–Crippen LogP) is 4.41. The van der Waals surface area contributed by atoms with Gasteiger partial charge < -0.3 is 5.11 Å². The molecule has 3 rings (SSSR count). The van der Waals surface area contributed by atoms with Gasteiger partial charge in [-0.3, -0.25) is 15.1 Å². The molecule has 2 N–H and O–H groups in total. The van der Waals surface area contributed by atoms with E-state index >= 15 is 0 Å². The molecule has 0 saturated carbocycles. The van der Waals surface area contributed by atoms with E-state index in [4.69, 9.17) is 17.0 Å². The number of nitrogens with one attached hydrogen (secondary N) is 1. The Morgan fingerprint density at radius 1 is 1.22 bits per heavy atom. The van der Waals surface area contributed by atoms with E-state index in [-0.39, 0.29) is 16.8 Å². The van der Waals surface area contributed by atoms with Gasteiger partial charge in [0.25, 0.3) is 5.91 Å². The number of hydrogen-bond donors (Lipinski definition) is 2. The Kier molecular flexibility index (Phi) is 4.15. The van der Waals surface area contributed by atoms with Crippen LogP contribution in [0.15, 0.2) is 47.4 Å². The second-order valence-electron chi connectivity index (χ2n) is 5.10. The molecule has 23 heavy (non-hydrogen) atoms. The third kappa shape index (κ3) is 3.11. The Bertz CT molecular complexity index is 831. The molecule has 0 unspecified atom stereocenters. The molecule has 0 aromatic heterocycles. The summed E-state index contributed by atoms with van der Waals surface area (Å²) < 4.78 is 0. The van der Waals surface area contributed by atoms with Gasteiger partial charge in [0.1, 0.15) is 5.75 Å². The number of amides is 1. The van der Waals surface area contributed by atoms with Gasteiger partial charge in [-0.25, -0.2) is 0 Å². The van der Waals surface area contributed by atoms with Crippen molar-refractivity contribution in [2.75, 3.05) is 4.90 Å². The number of carbonyl (C=O) groups is 1. The van der Waals surface area contributed by atoms with Crippen molar-refractivity contribution < 1.29 is 9.90 Å². The second kappa shape index (κ2) is 6.10. The lowest BCUT2D eigenvalue weighted by Crippen LogP contribution is -2.28. The molecule has 0 aliphatic carbocycles. The Hall–Kier alpha value is -2.24. The van der Waals surface area contributed by atoms with Crippen LogP contribution in [0.3, 0.4) is 0 Å². The van der Waals surface area contributed by atoms with Crippen molar-refractivity contribution in [1.82, 2.24) is 0 Å². The maximum atomic E-state index is 12.6. The monoisotopic (exact) mass is 344 g/mol. The molecule has 0 bridgehead atoms. The SMILES string of the molecule is Cc1ccc(N2C(=N)S/C(=C\c3cc(Cl)ccc3O)C2=O)cc1. The van der Waals surface area contributed by atoms with Gasteiger partial charge in [0.15, 0.2) is 5.17 Å². The smallest absolute Gasteiger partial charge is 0.271 e. The van der Waals surface area contributed by atoms with E-state index < -0.39 is 0 Å². The fourth-order valence-corrected chi connectivity index (χ4v) is 3.23. The Morgan fingerprint density at radius 2 is 1.91 bits per heavy atom. The Labute approximate surface area is 142 Å². The maximum Gasteiger partial charge on any atom is 0.271 e. The van der Waals surface area contributed by atoms with Crippen molar-refractivity contribution in [2.45, 2.75) is 6.92 Å². The first kappa shape index (κ1) is 15.6. The van der Waals surface area contributed by atoms with Crippen LogP contribution in [0.25, 0.3) is 6.08 Å². The molecule has 2 aromatic carbocycles. The molecule has 0 spiro atoms. The normalized spacial score (nSPS) is 16.4. The average molecular weight is 345 g/mol. The summed E-state index contributed by atoms with van der Waals surface area (Å²) in [6.07, 6.45) is 1.55. The van der Waals surface area contributed by atoms with Gasteiger partial charge in [0, 0.05) is 10.6 Å². The van der Waals surface area contributed by atoms with E-state index in [1.54, 1.807) is 18.2 Å². The van der Waals surface area contributed by atoms with Crippen molar-refractivity contribution in [2.24, 2.45) is 0 Å². The lowest BCUT2D eigenvalue weighted by molar-refractivity contribution is -0.113. The number of phenolic OH excluding ortho intramolecular Hbond substituents is 1. The van der Waals surface area contributed by atoms with Crippen molar-refractivity contribution >= 4 is 46.2 Å². The molecule has 0 atom stereocenters. The summed E-state index contributed by atoms with van der Waals surface area (Å²) in [5.41, 5.74) is 2.18. The van der Waals surface area contributed by atoms with Crippen LogP contribution in [-0.4, -0.2) is 16.2 Å². The third-order valence-electron chi connectivity index (χ3n) is 3.39. The van der Waals surface area contributed by atoms with Crippen LogP contribution >= 0.6 is 23.4 Å². The molecule has 1 amide bonds. The topological polar surface area (TPSA) is 64.4 Å². The fourth-order valence-electron chi connectivity index (χ4n) is 2.20. The van der Waals surface area contributed by atoms with E-state index in [0.29, 0.717) is 21.2 Å². The number of benzene rings is 2. The molecular formula is C17H13ClN2O2S. The number of halogens is 1. The van der Waals surface area contributed by atoms with Crippen molar-refractivity contribution in [3.63, 3.8) is 0 Å². The number of anilines is 1. The minimum atomic E-state index is -0.289. The van der Waals surface area contributed by atoms with Crippen molar-refractivity contribution in [3.8, 4) is 5.75 Å². The van der Waals surface area contributed by atoms with Gasteiger partial charge in [0.05, 0.1) is 10.6 Å². The lowest BCUT2D eigenvalue weighted by atomic mass is 10.1. The Balaban J connectivity index is 1.96. The van der Waals surface area contributed by atoms with E-state index in [1.807, 2.05) is 31.2 Å². The highest BCUT2D eigenvalue weighted by Gasteiger charge is 2.33. The highest BCUT2D eigenvalue weighted by atomic mass is 35.5. The summed E-state index contributed by atoms with van der Waals surface area (Å²) in [5.74, 6) is -0.251. The molecular weight excluding hydrogens is 332 g/mol. The van der Waals surface area contributed by atoms with Gasteiger partial charge in [-0.1, -0.05) is 29.3 Å². The van der Waals surface area contributed by atoms with Crippen LogP contribution in [0.2, 0.25) is 5.02 Å². The first-order valence-electron chi connectivity index (χ1n) is 6.83. The van der Waals surface area contributed by atoms with Gasteiger partial charge in [-0.2, -0.15) is 0 Å². The zero-order valence-corrected chi connectivity index (χ0v) is 13.8. The molecule has 2 aromatic rings. The third-order valence-corrected chi connectivity index (χ3v) is 4.52. The number of aromatic hydroxyl groups is 1. The number of phenols is 1. The van der Waals surface area contributed by atoms with Crippen LogP contribution < -0.4 is 4.90 Å². The van der Waals surface area contributed by atoms with Crippen LogP contribution in [0.4, 0.5) is 5.69 Å². The van der Waals surface area contributed by atoms with Crippen LogP contribution in [0, 0.1) is 12.3 Å². The average Bonchev–Trinajstić information content (AvgIpc) is 2.79. The highest BCUT2D eigenvalue weighted by molar-refractivity contribution is 8.19. The molecule has 1 aliphatic rings. The van der Waals surface area contributed by atoms with Gasteiger partial charge in [-0.05, 0) is 55.1 Å². The van der Waals surface area contributed by atoms with E-state index in [0.717, 1.165) is 17.3 Å². The Morgan fingerprint density at radius 3 is 2.61 bits per heavy atom. The first-order valence-corrected chi connectivity index (χ1v) is 8.03. The standard InChI is InChI=1S/C17H13ClN2O2S/c1-10-2-5-13(6-3-10)20-16(22)15(23-17(20)19)9-11-8-12(18)4-7-14(11)21/h2-9,19,21H,1H3/b15-9-,19-17?. The second-order valence-corrected chi connectivity index (χ2v) is 6.56. The number of nitrogens with zero attached hydrogens (tertiary/aromatic N) is 1. The fraction of sp³-hybridized carbons (Fsp3) is 0.0588. The van der Waals surface area contributed by atoms with Crippen molar-refractivity contribution in [1.29, 1.82) is 5.41 Å². The quantitative estimate of drug-likeness (QED) is 0.793. The summed E-state index contributed by atoms with van der Waals surface area (Å²) in [7, 11) is 0. The number of thioether (sulfide) groups is 1. The molecule has 0 radical (unpaired) electrons. The summed E-state index contributed by atoms with van der Waals surface area (Å²) in [6, 6.07) is 12.0. The molecule has 116 valence electrons. The summed E-state index contributed by atoms with van der Waals surface area (Å²) in [5, 5.41) is 18.5. The number of rotatable bonds is 2. The summed E-state index contributed by atoms with van der Waals surface area (Å²) >= 11 is 6.98. The summed E-state index contributed by atoms with van der Waals surface area (Å²) in [4.78, 5) is 14.3. The van der Waals surface area contributed by atoms with Gasteiger partial charge >= 0.3 is 0 Å². The van der Waals surface area contributed by atoms with Crippen LogP contribution in [0.1, 0.15) is 11.1 Å². The minimum absolute atomic E-state index is 0.0376. The molecule has 6 heteroatoms.